The van der Waals surface area contributed by atoms with Crippen LogP contribution in [0.3, 0.4) is 0 Å². The second kappa shape index (κ2) is 5.41. The van der Waals surface area contributed by atoms with Crippen LogP contribution in [0.25, 0.3) is 0 Å². The van der Waals surface area contributed by atoms with Crippen LogP contribution in [0.4, 0.5) is 13.2 Å². The van der Waals surface area contributed by atoms with Gasteiger partial charge in [-0.2, -0.15) is 13.2 Å². The number of unbranched alkanes of at least 4 members (excludes halogenated alkanes) is 1. The number of hydrogen-bond donors (Lipinski definition) is 0. The minimum absolute atomic E-state index is 0.205. The third-order valence-electron chi connectivity index (χ3n) is 1.17. The standard InChI is InChI=1S/C7H13F3O/c1-2-3-5-11-6-4-7(8,9)10/h2-6H2,1H3. The van der Waals surface area contributed by atoms with Crippen LogP contribution in [0.1, 0.15) is 26.2 Å². The Labute approximate surface area is 64.5 Å². The predicted molar refractivity (Wildman–Crippen MR) is 36.4 cm³/mol. The molecule has 4 heteroatoms. The summed E-state index contributed by atoms with van der Waals surface area (Å²) >= 11 is 0. The molecule has 1 nitrogen and oxygen atoms in total. The molecular formula is C7H13F3O. The fourth-order valence-corrected chi connectivity index (χ4v) is 0.536. The lowest BCUT2D eigenvalue weighted by atomic mass is 10.4. The first-order chi connectivity index (χ1) is 5.06. The Morgan fingerprint density at radius 1 is 1.18 bits per heavy atom. The van der Waals surface area contributed by atoms with Gasteiger partial charge in [0, 0.05) is 6.61 Å². The van der Waals surface area contributed by atoms with Crippen molar-refractivity contribution in [2.45, 2.75) is 32.4 Å². The summed E-state index contributed by atoms with van der Waals surface area (Å²) in [5, 5.41) is 0. The zero-order valence-corrected chi connectivity index (χ0v) is 6.58. The van der Waals surface area contributed by atoms with Crippen molar-refractivity contribution in [1.29, 1.82) is 0 Å². The average Bonchev–Trinajstić information content (AvgIpc) is 1.85. The number of rotatable bonds is 5. The molecule has 0 aromatic carbocycles. The number of ether oxygens (including phenoxy) is 1. The van der Waals surface area contributed by atoms with Crippen LogP contribution in [-0.4, -0.2) is 19.4 Å². The van der Waals surface area contributed by atoms with Crippen LogP contribution in [0.5, 0.6) is 0 Å². The van der Waals surface area contributed by atoms with E-state index in [0.29, 0.717) is 6.61 Å². The van der Waals surface area contributed by atoms with Crippen LogP contribution in [0.2, 0.25) is 0 Å². The number of alkyl halides is 3. The normalized spacial score (nSPS) is 12.0. The van der Waals surface area contributed by atoms with Crippen LogP contribution < -0.4 is 0 Å². The van der Waals surface area contributed by atoms with Crippen molar-refractivity contribution in [2.75, 3.05) is 13.2 Å². The fourth-order valence-electron chi connectivity index (χ4n) is 0.536. The van der Waals surface area contributed by atoms with E-state index in [9.17, 15) is 13.2 Å². The molecular weight excluding hydrogens is 157 g/mol. The summed E-state index contributed by atoms with van der Waals surface area (Å²) in [7, 11) is 0. The molecule has 0 saturated carbocycles. The summed E-state index contributed by atoms with van der Waals surface area (Å²) in [6.45, 7) is 2.20. The Hall–Kier alpha value is -0.250. The third kappa shape index (κ3) is 9.75. The summed E-state index contributed by atoms with van der Waals surface area (Å²) in [5.41, 5.74) is 0. The topological polar surface area (TPSA) is 9.23 Å². The quantitative estimate of drug-likeness (QED) is 0.576. The van der Waals surface area contributed by atoms with E-state index in [1.807, 2.05) is 6.92 Å². The van der Waals surface area contributed by atoms with Crippen LogP contribution in [0, 0.1) is 0 Å². The Balaban J connectivity index is 3.02. The Bertz CT molecular complexity index is 90.2. The molecule has 0 aliphatic carbocycles. The van der Waals surface area contributed by atoms with Crippen LogP contribution >= 0.6 is 0 Å². The van der Waals surface area contributed by atoms with Crippen molar-refractivity contribution >= 4 is 0 Å². The van der Waals surface area contributed by atoms with Crippen molar-refractivity contribution in [3.05, 3.63) is 0 Å². The van der Waals surface area contributed by atoms with Gasteiger partial charge in [0.1, 0.15) is 0 Å². The van der Waals surface area contributed by atoms with Crippen LogP contribution in [-0.2, 0) is 4.74 Å². The lowest BCUT2D eigenvalue weighted by Crippen LogP contribution is -2.11. The molecule has 11 heavy (non-hydrogen) atoms. The molecule has 0 aromatic heterocycles. The van der Waals surface area contributed by atoms with Gasteiger partial charge in [-0.3, -0.25) is 0 Å². The first kappa shape index (κ1) is 10.8. The van der Waals surface area contributed by atoms with Crippen molar-refractivity contribution in [2.24, 2.45) is 0 Å². The average molecular weight is 170 g/mol. The van der Waals surface area contributed by atoms with E-state index in [2.05, 4.69) is 0 Å². The molecule has 0 saturated heterocycles. The van der Waals surface area contributed by atoms with E-state index in [1.54, 1.807) is 0 Å². The van der Waals surface area contributed by atoms with E-state index < -0.39 is 12.6 Å². The van der Waals surface area contributed by atoms with Crippen LogP contribution in [0.15, 0.2) is 0 Å². The van der Waals surface area contributed by atoms with Gasteiger partial charge in [-0.25, -0.2) is 0 Å². The Morgan fingerprint density at radius 3 is 2.27 bits per heavy atom. The molecule has 0 unspecified atom stereocenters. The number of halogens is 3. The smallest absolute Gasteiger partial charge is 0.381 e. The molecule has 0 bridgehead atoms. The fraction of sp³-hybridized carbons (Fsp3) is 1.00. The molecule has 0 amide bonds. The second-order valence-electron chi connectivity index (χ2n) is 2.33. The highest BCUT2D eigenvalue weighted by atomic mass is 19.4. The van der Waals surface area contributed by atoms with Gasteiger partial charge in [0.25, 0.3) is 0 Å². The molecule has 0 atom stereocenters. The molecule has 0 aliphatic rings. The third-order valence-corrected chi connectivity index (χ3v) is 1.17. The Morgan fingerprint density at radius 2 is 1.82 bits per heavy atom. The van der Waals surface area contributed by atoms with Gasteiger partial charge >= 0.3 is 6.18 Å². The summed E-state index contributed by atoms with van der Waals surface area (Å²) in [5.74, 6) is 0. The minimum atomic E-state index is -4.08. The second-order valence-corrected chi connectivity index (χ2v) is 2.33. The van der Waals surface area contributed by atoms with E-state index in [0.717, 1.165) is 12.8 Å². The number of hydrogen-bond acceptors (Lipinski definition) is 1. The molecule has 68 valence electrons. The largest absolute Gasteiger partial charge is 0.391 e. The Kier molecular flexibility index (Phi) is 5.28. The monoisotopic (exact) mass is 170 g/mol. The highest BCUT2D eigenvalue weighted by molar-refractivity contribution is 4.47. The highest BCUT2D eigenvalue weighted by Crippen LogP contribution is 2.18. The molecule has 0 aliphatic heterocycles. The van der Waals surface area contributed by atoms with E-state index in [4.69, 9.17) is 4.74 Å². The van der Waals surface area contributed by atoms with Gasteiger partial charge in [0.15, 0.2) is 0 Å². The maximum Gasteiger partial charge on any atom is 0.391 e. The minimum Gasteiger partial charge on any atom is -0.381 e. The van der Waals surface area contributed by atoms with Crippen molar-refractivity contribution in [1.82, 2.24) is 0 Å². The van der Waals surface area contributed by atoms with Gasteiger partial charge in [-0.1, -0.05) is 13.3 Å². The molecule has 0 fully saturated rings. The highest BCUT2D eigenvalue weighted by Gasteiger charge is 2.26. The predicted octanol–water partition coefficient (Wildman–Crippen LogP) is 2.76. The summed E-state index contributed by atoms with van der Waals surface area (Å²) in [4.78, 5) is 0. The maximum atomic E-state index is 11.5. The van der Waals surface area contributed by atoms with Gasteiger partial charge < -0.3 is 4.74 Å². The van der Waals surface area contributed by atoms with Crippen molar-refractivity contribution in [3.63, 3.8) is 0 Å². The lowest BCUT2D eigenvalue weighted by molar-refractivity contribution is -0.145. The van der Waals surface area contributed by atoms with Gasteiger partial charge in [0.2, 0.25) is 0 Å². The first-order valence-electron chi connectivity index (χ1n) is 3.70. The van der Waals surface area contributed by atoms with E-state index in [1.165, 1.54) is 0 Å². The lowest BCUT2D eigenvalue weighted by Gasteiger charge is -2.05. The van der Waals surface area contributed by atoms with Gasteiger partial charge in [-0.15, -0.1) is 0 Å². The van der Waals surface area contributed by atoms with Crippen molar-refractivity contribution < 1.29 is 17.9 Å². The maximum absolute atomic E-state index is 11.5. The van der Waals surface area contributed by atoms with E-state index in [-0.39, 0.29) is 6.61 Å². The molecule has 0 aromatic rings. The van der Waals surface area contributed by atoms with Gasteiger partial charge in [0.05, 0.1) is 13.0 Å². The van der Waals surface area contributed by atoms with Gasteiger partial charge in [-0.05, 0) is 6.42 Å². The molecule has 0 spiro atoms. The molecule has 0 heterocycles. The molecule has 0 radical (unpaired) electrons. The zero-order chi connectivity index (χ0) is 8.74. The molecule has 0 N–H and O–H groups in total. The summed E-state index contributed by atoms with van der Waals surface area (Å²) in [6, 6.07) is 0. The van der Waals surface area contributed by atoms with E-state index >= 15 is 0 Å². The summed E-state index contributed by atoms with van der Waals surface area (Å²) in [6.07, 6.45) is -3.13. The van der Waals surface area contributed by atoms with Crippen molar-refractivity contribution in [3.8, 4) is 0 Å². The SMILES string of the molecule is CCCCOCCC(F)(F)F. The first-order valence-corrected chi connectivity index (χ1v) is 3.70. The zero-order valence-electron chi connectivity index (χ0n) is 6.58. The molecule has 0 rings (SSSR count). The summed E-state index contributed by atoms with van der Waals surface area (Å²) < 4.78 is 39.2.